The second kappa shape index (κ2) is 2.72. The van der Waals surface area contributed by atoms with Crippen LogP contribution in [-0.4, -0.2) is 20.6 Å². The summed E-state index contributed by atoms with van der Waals surface area (Å²) < 4.78 is 0. The summed E-state index contributed by atoms with van der Waals surface area (Å²) in [7, 11) is 0. The van der Waals surface area contributed by atoms with Gasteiger partial charge in [-0.05, 0) is 10.4 Å². The molecule has 0 aliphatic carbocycles. The Morgan fingerprint density at radius 3 is 3.00 bits per heavy atom. The monoisotopic (exact) mass is 120 g/mol. The van der Waals surface area contributed by atoms with E-state index in [1.54, 1.807) is 0 Å². The Balaban J connectivity index is 2.76. The van der Waals surface area contributed by atoms with Gasteiger partial charge >= 0.3 is 0 Å². The number of nitrogens with zero attached hydrogens (tertiary/aromatic N) is 4. The number of hydrogen-bond acceptors (Lipinski definition) is 4. The molecule has 0 bridgehead atoms. The zero-order valence-electron chi connectivity index (χ0n) is 4.65. The van der Waals surface area contributed by atoms with Gasteiger partial charge in [0.2, 0.25) is 0 Å². The van der Waals surface area contributed by atoms with Gasteiger partial charge in [0, 0.05) is 0 Å². The molecule has 0 N–H and O–H groups in total. The van der Waals surface area contributed by atoms with E-state index in [9.17, 15) is 0 Å². The largest absolute Gasteiger partial charge is 0.135 e. The van der Waals surface area contributed by atoms with E-state index < -0.39 is 0 Å². The predicted octanol–water partition coefficient (Wildman–Crippen LogP) is -0.558. The third-order valence-corrected chi connectivity index (χ3v) is 0.755. The minimum atomic E-state index is 0.461. The van der Waals surface area contributed by atoms with E-state index in [1.807, 2.05) is 0 Å². The van der Waals surface area contributed by atoms with E-state index in [4.69, 9.17) is 6.42 Å². The Morgan fingerprint density at radius 1 is 1.56 bits per heavy atom. The highest BCUT2D eigenvalue weighted by Gasteiger charge is 1.88. The number of rotatable bonds is 1. The summed E-state index contributed by atoms with van der Waals surface area (Å²) in [6.45, 7) is 0. The van der Waals surface area contributed by atoms with Crippen molar-refractivity contribution < 1.29 is 0 Å². The summed E-state index contributed by atoms with van der Waals surface area (Å²) in [6.07, 6.45) is 6.95. The second-order valence-corrected chi connectivity index (χ2v) is 1.40. The van der Waals surface area contributed by atoms with Crippen LogP contribution in [0.2, 0.25) is 0 Å². The van der Waals surface area contributed by atoms with Gasteiger partial charge < -0.3 is 0 Å². The first-order valence-corrected chi connectivity index (χ1v) is 2.37. The summed E-state index contributed by atoms with van der Waals surface area (Å²) in [5.74, 6) is 2.41. The Bertz CT molecular complexity index is 212. The number of aromatic nitrogens is 4. The number of terminal acetylenes is 1. The van der Waals surface area contributed by atoms with Crippen LogP contribution in [0.4, 0.5) is 0 Å². The Hall–Kier alpha value is -1.50. The van der Waals surface area contributed by atoms with Crippen molar-refractivity contribution in [2.75, 3.05) is 0 Å². The van der Waals surface area contributed by atoms with E-state index in [0.29, 0.717) is 12.1 Å². The zero-order chi connectivity index (χ0) is 6.53. The van der Waals surface area contributed by atoms with Crippen molar-refractivity contribution in [3.05, 3.63) is 11.9 Å². The topological polar surface area (TPSA) is 51.6 Å². The Morgan fingerprint density at radius 2 is 2.44 bits per heavy atom. The highest BCUT2D eigenvalue weighted by atomic mass is 15.4. The molecule has 1 aromatic heterocycles. The molecule has 9 heavy (non-hydrogen) atoms. The number of hydrogen-bond donors (Lipinski definition) is 0. The van der Waals surface area contributed by atoms with Crippen LogP contribution < -0.4 is 0 Å². The maximum Gasteiger partial charge on any atom is 0.0969 e. The van der Waals surface area contributed by atoms with Gasteiger partial charge in [-0.25, -0.2) is 0 Å². The van der Waals surface area contributed by atoms with Gasteiger partial charge in [0.15, 0.2) is 0 Å². The summed E-state index contributed by atoms with van der Waals surface area (Å²) in [5.41, 5.74) is 0.674. The second-order valence-electron chi connectivity index (χ2n) is 1.40. The third kappa shape index (κ3) is 1.46. The van der Waals surface area contributed by atoms with Crippen LogP contribution in [0.25, 0.3) is 0 Å². The van der Waals surface area contributed by atoms with Crippen LogP contribution in [0.15, 0.2) is 6.20 Å². The molecule has 44 valence electrons. The molecule has 1 aromatic rings. The molecular weight excluding hydrogens is 116 g/mol. The third-order valence-electron chi connectivity index (χ3n) is 0.755. The van der Waals surface area contributed by atoms with E-state index in [2.05, 4.69) is 26.5 Å². The van der Waals surface area contributed by atoms with E-state index in [0.717, 1.165) is 0 Å². The molecule has 0 radical (unpaired) electrons. The lowest BCUT2D eigenvalue weighted by atomic mass is 10.3. The first-order valence-electron chi connectivity index (χ1n) is 2.37. The van der Waals surface area contributed by atoms with E-state index >= 15 is 0 Å². The molecule has 0 aliphatic heterocycles. The average molecular weight is 120 g/mol. The van der Waals surface area contributed by atoms with Gasteiger partial charge in [-0.1, -0.05) is 0 Å². The fourth-order valence-electron chi connectivity index (χ4n) is 0.404. The predicted molar refractivity (Wildman–Crippen MR) is 30.2 cm³/mol. The quantitative estimate of drug-likeness (QED) is 0.466. The van der Waals surface area contributed by atoms with Crippen molar-refractivity contribution in [3.8, 4) is 12.3 Å². The van der Waals surface area contributed by atoms with Gasteiger partial charge in [-0.15, -0.1) is 22.5 Å². The minimum Gasteiger partial charge on any atom is -0.135 e. The van der Waals surface area contributed by atoms with E-state index in [-0.39, 0.29) is 0 Å². The van der Waals surface area contributed by atoms with Crippen molar-refractivity contribution in [2.24, 2.45) is 0 Å². The van der Waals surface area contributed by atoms with Gasteiger partial charge in [0.05, 0.1) is 18.3 Å². The van der Waals surface area contributed by atoms with Crippen molar-refractivity contribution in [2.45, 2.75) is 6.42 Å². The lowest BCUT2D eigenvalue weighted by Crippen LogP contribution is -1.95. The first-order chi connectivity index (χ1) is 4.43. The molecule has 0 saturated carbocycles. The van der Waals surface area contributed by atoms with E-state index in [1.165, 1.54) is 6.20 Å². The summed E-state index contributed by atoms with van der Waals surface area (Å²) >= 11 is 0. The lowest BCUT2D eigenvalue weighted by Gasteiger charge is -1.84. The molecular formula is C5H4N4. The SMILES string of the molecule is C#CCc1cnnnn1. The van der Waals surface area contributed by atoms with Crippen LogP contribution in [-0.2, 0) is 6.42 Å². The molecule has 0 atom stereocenters. The summed E-state index contributed by atoms with van der Waals surface area (Å²) in [6, 6.07) is 0. The average Bonchev–Trinajstić information content (AvgIpc) is 1.91. The zero-order valence-corrected chi connectivity index (χ0v) is 4.65. The van der Waals surface area contributed by atoms with Gasteiger partial charge in [0.1, 0.15) is 0 Å². The molecule has 0 unspecified atom stereocenters. The van der Waals surface area contributed by atoms with Crippen LogP contribution >= 0.6 is 0 Å². The fourth-order valence-corrected chi connectivity index (χ4v) is 0.404. The highest BCUT2D eigenvalue weighted by Crippen LogP contribution is 1.84. The molecule has 0 amide bonds. The molecule has 1 rings (SSSR count). The van der Waals surface area contributed by atoms with Crippen LogP contribution in [0, 0.1) is 12.3 Å². The Kier molecular flexibility index (Phi) is 1.70. The van der Waals surface area contributed by atoms with Crippen molar-refractivity contribution >= 4 is 0 Å². The standard InChI is InChI=1S/C5H4N4/c1-2-3-5-4-6-8-9-7-5/h1,4H,3H2. The molecule has 0 aromatic carbocycles. The van der Waals surface area contributed by atoms with Gasteiger partial charge in [0.25, 0.3) is 0 Å². The molecule has 4 nitrogen and oxygen atoms in total. The summed E-state index contributed by atoms with van der Waals surface area (Å²) in [5, 5.41) is 13.6. The van der Waals surface area contributed by atoms with Crippen LogP contribution in [0.3, 0.4) is 0 Å². The lowest BCUT2D eigenvalue weighted by molar-refractivity contribution is 0.735. The first kappa shape index (κ1) is 5.63. The molecule has 1 heterocycles. The summed E-state index contributed by atoms with van der Waals surface area (Å²) in [4.78, 5) is 0. The van der Waals surface area contributed by atoms with Crippen LogP contribution in [0.1, 0.15) is 5.69 Å². The molecule has 0 aliphatic rings. The smallest absolute Gasteiger partial charge is 0.0969 e. The minimum absolute atomic E-state index is 0.461. The Labute approximate surface area is 52.3 Å². The molecule has 4 heteroatoms. The molecule has 0 spiro atoms. The maximum atomic E-state index is 4.99. The fraction of sp³-hybridized carbons (Fsp3) is 0.200. The van der Waals surface area contributed by atoms with Gasteiger partial charge in [-0.3, -0.25) is 0 Å². The maximum absolute atomic E-state index is 4.99. The normalized spacial score (nSPS) is 8.33. The van der Waals surface area contributed by atoms with Crippen molar-refractivity contribution in [1.29, 1.82) is 0 Å². The highest BCUT2D eigenvalue weighted by molar-refractivity contribution is 5.02. The van der Waals surface area contributed by atoms with Crippen molar-refractivity contribution in [3.63, 3.8) is 0 Å². The van der Waals surface area contributed by atoms with Gasteiger partial charge in [-0.2, -0.15) is 0 Å². The molecule has 0 saturated heterocycles. The van der Waals surface area contributed by atoms with Crippen molar-refractivity contribution in [1.82, 2.24) is 20.6 Å². The van der Waals surface area contributed by atoms with Crippen LogP contribution in [0.5, 0.6) is 0 Å². The molecule has 0 fully saturated rings.